The Bertz CT molecular complexity index is 455. The molecular weight excluding hydrogens is 272 g/mol. The Morgan fingerprint density at radius 1 is 1.35 bits per heavy atom. The van der Waals surface area contributed by atoms with Crippen molar-refractivity contribution in [2.75, 3.05) is 49.8 Å². The second-order valence-electron chi connectivity index (χ2n) is 5.13. The lowest BCUT2D eigenvalue weighted by Crippen LogP contribution is -2.38. The maximum absolute atomic E-state index is 11.4. The van der Waals surface area contributed by atoms with E-state index in [0.29, 0.717) is 0 Å². The summed E-state index contributed by atoms with van der Waals surface area (Å²) in [5.41, 5.74) is 3.87. The molecule has 0 saturated carbocycles. The second-order valence-corrected chi connectivity index (χ2v) is 6.82. The molecule has 1 aromatic rings. The molecule has 1 saturated heterocycles. The fourth-order valence-corrected chi connectivity index (χ4v) is 3.52. The molecule has 1 heterocycles. The fourth-order valence-electron chi connectivity index (χ4n) is 2.47. The Morgan fingerprint density at radius 2 is 2.10 bits per heavy atom. The van der Waals surface area contributed by atoms with Gasteiger partial charge in [-0.2, -0.15) is 0 Å². The zero-order valence-corrected chi connectivity index (χ0v) is 13.2. The van der Waals surface area contributed by atoms with E-state index in [9.17, 15) is 4.21 Å². The molecule has 0 unspecified atom stereocenters. The number of ether oxygens (including phenoxy) is 1. The fraction of sp³-hybridized carbons (Fsp3) is 0.600. The normalized spacial score (nSPS) is 16.6. The van der Waals surface area contributed by atoms with E-state index in [2.05, 4.69) is 35.3 Å². The van der Waals surface area contributed by atoms with E-state index < -0.39 is 10.8 Å². The Labute approximate surface area is 124 Å². The minimum atomic E-state index is -0.616. The van der Waals surface area contributed by atoms with Gasteiger partial charge in [-0.3, -0.25) is 4.21 Å². The van der Waals surface area contributed by atoms with Gasteiger partial charge in [0.1, 0.15) is 0 Å². The van der Waals surface area contributed by atoms with Crippen molar-refractivity contribution >= 4 is 16.5 Å². The van der Waals surface area contributed by atoms with E-state index in [-0.39, 0.29) is 0 Å². The van der Waals surface area contributed by atoms with Crippen LogP contribution in [0.3, 0.4) is 0 Å². The molecular formula is C15H24N2O2S. The van der Waals surface area contributed by atoms with Crippen LogP contribution in [-0.2, 0) is 22.1 Å². The minimum absolute atomic E-state index is 0.616. The standard InChI is InChI=1S/C15H24N2O2S/c1-13-11-14(12-16-5-8-19-2)3-4-15(13)17-6-9-20(18)10-7-17/h3-4,11,16H,5-10,12H2,1-2H3. The summed E-state index contributed by atoms with van der Waals surface area (Å²) in [5.74, 6) is 1.58. The maximum atomic E-state index is 11.4. The average molecular weight is 296 g/mol. The third-order valence-electron chi connectivity index (χ3n) is 3.59. The van der Waals surface area contributed by atoms with Crippen LogP contribution >= 0.6 is 0 Å². The monoisotopic (exact) mass is 296 g/mol. The van der Waals surface area contributed by atoms with Crippen LogP contribution in [0.1, 0.15) is 11.1 Å². The molecule has 1 fully saturated rings. The molecule has 0 aromatic heterocycles. The highest BCUT2D eigenvalue weighted by Crippen LogP contribution is 2.22. The largest absolute Gasteiger partial charge is 0.383 e. The highest BCUT2D eigenvalue weighted by molar-refractivity contribution is 7.85. The molecule has 4 nitrogen and oxygen atoms in total. The number of hydrogen-bond donors (Lipinski definition) is 1. The quantitative estimate of drug-likeness (QED) is 0.804. The smallest absolute Gasteiger partial charge is 0.0587 e. The van der Waals surface area contributed by atoms with Crippen molar-refractivity contribution < 1.29 is 8.95 Å². The van der Waals surface area contributed by atoms with Gasteiger partial charge < -0.3 is 15.0 Å². The van der Waals surface area contributed by atoms with E-state index in [1.165, 1.54) is 16.8 Å². The van der Waals surface area contributed by atoms with Gasteiger partial charge in [0.15, 0.2) is 0 Å². The zero-order chi connectivity index (χ0) is 14.4. The number of aryl methyl sites for hydroxylation is 1. The molecule has 0 atom stereocenters. The summed E-state index contributed by atoms with van der Waals surface area (Å²) in [6.45, 7) is 6.43. The first kappa shape index (κ1) is 15.5. The third kappa shape index (κ3) is 4.30. The van der Waals surface area contributed by atoms with Crippen LogP contribution < -0.4 is 10.2 Å². The molecule has 0 aliphatic carbocycles. The van der Waals surface area contributed by atoms with Crippen LogP contribution in [0.25, 0.3) is 0 Å². The Kier molecular flexibility index (Phi) is 6.01. The Hall–Kier alpha value is -0.910. The van der Waals surface area contributed by atoms with Gasteiger partial charge in [0, 0.05) is 61.3 Å². The van der Waals surface area contributed by atoms with E-state index in [1.807, 2.05) is 0 Å². The first-order valence-corrected chi connectivity index (χ1v) is 8.58. The Balaban J connectivity index is 1.93. The lowest BCUT2D eigenvalue weighted by Gasteiger charge is -2.30. The molecule has 1 N–H and O–H groups in total. The van der Waals surface area contributed by atoms with Gasteiger partial charge in [-0.15, -0.1) is 0 Å². The van der Waals surface area contributed by atoms with Crippen molar-refractivity contribution in [2.45, 2.75) is 13.5 Å². The van der Waals surface area contributed by atoms with Gasteiger partial charge in [-0.05, 0) is 24.1 Å². The van der Waals surface area contributed by atoms with Crippen LogP contribution in [0.4, 0.5) is 5.69 Å². The summed E-state index contributed by atoms with van der Waals surface area (Å²) >= 11 is 0. The number of hydrogen-bond acceptors (Lipinski definition) is 4. The highest BCUT2D eigenvalue weighted by Gasteiger charge is 2.16. The first-order chi connectivity index (χ1) is 9.70. The zero-order valence-electron chi connectivity index (χ0n) is 12.4. The van der Waals surface area contributed by atoms with Crippen molar-refractivity contribution in [1.82, 2.24) is 5.32 Å². The SMILES string of the molecule is COCCNCc1ccc(N2CCS(=O)CC2)c(C)c1. The summed E-state index contributed by atoms with van der Waals surface area (Å²) in [6.07, 6.45) is 0. The molecule has 0 radical (unpaired) electrons. The van der Waals surface area contributed by atoms with E-state index in [0.717, 1.165) is 44.3 Å². The molecule has 1 aromatic carbocycles. The lowest BCUT2D eigenvalue weighted by atomic mass is 10.1. The molecule has 5 heteroatoms. The summed E-state index contributed by atoms with van der Waals surface area (Å²) in [6, 6.07) is 6.60. The molecule has 20 heavy (non-hydrogen) atoms. The number of nitrogens with one attached hydrogen (secondary N) is 1. The molecule has 1 aliphatic heterocycles. The van der Waals surface area contributed by atoms with E-state index in [1.54, 1.807) is 7.11 Å². The van der Waals surface area contributed by atoms with Gasteiger partial charge in [-0.1, -0.05) is 12.1 Å². The van der Waals surface area contributed by atoms with Crippen LogP contribution in [0.5, 0.6) is 0 Å². The predicted octanol–water partition coefficient (Wildman–Crippen LogP) is 1.30. The summed E-state index contributed by atoms with van der Waals surface area (Å²) in [7, 11) is 1.10. The van der Waals surface area contributed by atoms with Gasteiger partial charge in [-0.25, -0.2) is 0 Å². The van der Waals surface area contributed by atoms with Crippen LogP contribution in [0, 0.1) is 6.92 Å². The van der Waals surface area contributed by atoms with E-state index >= 15 is 0 Å². The van der Waals surface area contributed by atoms with Crippen molar-refractivity contribution in [1.29, 1.82) is 0 Å². The van der Waals surface area contributed by atoms with Gasteiger partial charge >= 0.3 is 0 Å². The van der Waals surface area contributed by atoms with Crippen molar-refractivity contribution in [3.05, 3.63) is 29.3 Å². The lowest BCUT2D eigenvalue weighted by molar-refractivity contribution is 0.199. The summed E-state index contributed by atoms with van der Waals surface area (Å²) in [5, 5.41) is 3.36. The van der Waals surface area contributed by atoms with Gasteiger partial charge in [0.25, 0.3) is 0 Å². The number of anilines is 1. The topological polar surface area (TPSA) is 41.6 Å². The minimum Gasteiger partial charge on any atom is -0.383 e. The third-order valence-corrected chi connectivity index (χ3v) is 4.87. The maximum Gasteiger partial charge on any atom is 0.0587 e. The van der Waals surface area contributed by atoms with E-state index in [4.69, 9.17) is 4.74 Å². The number of benzene rings is 1. The predicted molar refractivity (Wildman–Crippen MR) is 84.9 cm³/mol. The molecule has 0 amide bonds. The molecule has 1 aliphatic rings. The first-order valence-electron chi connectivity index (χ1n) is 7.10. The van der Waals surface area contributed by atoms with Crippen molar-refractivity contribution in [3.63, 3.8) is 0 Å². The molecule has 2 rings (SSSR count). The van der Waals surface area contributed by atoms with Crippen LogP contribution in [0.15, 0.2) is 18.2 Å². The average Bonchev–Trinajstić information content (AvgIpc) is 2.45. The van der Waals surface area contributed by atoms with Crippen LogP contribution in [0.2, 0.25) is 0 Å². The number of rotatable bonds is 6. The molecule has 0 spiro atoms. The van der Waals surface area contributed by atoms with Crippen LogP contribution in [-0.4, -0.2) is 49.1 Å². The summed E-state index contributed by atoms with van der Waals surface area (Å²) in [4.78, 5) is 2.35. The molecule has 112 valence electrons. The summed E-state index contributed by atoms with van der Waals surface area (Å²) < 4.78 is 16.4. The number of methoxy groups -OCH3 is 1. The Morgan fingerprint density at radius 3 is 2.75 bits per heavy atom. The second kappa shape index (κ2) is 7.76. The number of nitrogens with zero attached hydrogens (tertiary/aromatic N) is 1. The van der Waals surface area contributed by atoms with Crippen molar-refractivity contribution in [2.24, 2.45) is 0 Å². The molecule has 0 bridgehead atoms. The van der Waals surface area contributed by atoms with Gasteiger partial charge in [0.2, 0.25) is 0 Å². The highest BCUT2D eigenvalue weighted by atomic mass is 32.2. The van der Waals surface area contributed by atoms with Crippen molar-refractivity contribution in [3.8, 4) is 0 Å². The van der Waals surface area contributed by atoms with Gasteiger partial charge in [0.05, 0.1) is 6.61 Å².